The van der Waals surface area contributed by atoms with Crippen LogP contribution in [0.2, 0.25) is 0 Å². The Morgan fingerprint density at radius 2 is 1.76 bits per heavy atom. The van der Waals surface area contributed by atoms with Crippen molar-refractivity contribution < 1.29 is 28.6 Å². The van der Waals surface area contributed by atoms with Gasteiger partial charge in [0, 0.05) is 49.1 Å². The van der Waals surface area contributed by atoms with Gasteiger partial charge in [-0.2, -0.15) is 0 Å². The summed E-state index contributed by atoms with van der Waals surface area (Å²) in [5.74, 6) is -1.83. The number of hydrogen-bond donors (Lipinski definition) is 1. The van der Waals surface area contributed by atoms with Crippen LogP contribution in [0.1, 0.15) is 50.3 Å². The molecule has 9 heteroatoms. The first-order chi connectivity index (χ1) is 21.5. The van der Waals surface area contributed by atoms with E-state index in [-0.39, 0.29) is 43.8 Å². The Hall–Kier alpha value is -4.08. The molecule has 4 atom stereocenters. The van der Waals surface area contributed by atoms with Crippen molar-refractivity contribution in [3.8, 4) is 0 Å². The van der Waals surface area contributed by atoms with E-state index in [2.05, 4.69) is 0 Å². The van der Waals surface area contributed by atoms with Crippen LogP contribution in [-0.4, -0.2) is 59.2 Å². The average Bonchev–Trinajstić information content (AvgIpc) is 3.43. The minimum Gasteiger partial charge on any atom is -0.395 e. The number of halogens is 1. The maximum Gasteiger partial charge on any atom is 0.264 e. The van der Waals surface area contributed by atoms with E-state index in [9.17, 15) is 19.5 Å². The fraction of sp³-hybridized carbons (Fsp3) is 0.417. The lowest BCUT2D eigenvalue weighted by Crippen LogP contribution is -2.45. The van der Waals surface area contributed by atoms with Gasteiger partial charge in [0.1, 0.15) is 5.67 Å². The van der Waals surface area contributed by atoms with Crippen LogP contribution in [0.15, 0.2) is 78.9 Å². The lowest BCUT2D eigenvalue weighted by molar-refractivity contribution is -0.150. The van der Waals surface area contributed by atoms with E-state index in [1.165, 1.54) is 13.8 Å². The van der Waals surface area contributed by atoms with Gasteiger partial charge in [-0.25, -0.2) is 4.39 Å². The molecule has 0 bridgehead atoms. The second-order valence-corrected chi connectivity index (χ2v) is 12.9. The second kappa shape index (κ2) is 12.0. The van der Waals surface area contributed by atoms with E-state index in [1.807, 2.05) is 85.8 Å². The van der Waals surface area contributed by atoms with Crippen molar-refractivity contribution in [2.24, 2.45) is 11.8 Å². The Morgan fingerprint density at radius 3 is 2.42 bits per heavy atom. The number of hydrogen-bond acceptors (Lipinski definition) is 5. The number of nitrogens with zero attached hydrogens (tertiary/aromatic N) is 3. The van der Waals surface area contributed by atoms with Crippen LogP contribution in [0.25, 0.3) is 0 Å². The van der Waals surface area contributed by atoms with Gasteiger partial charge in [0.05, 0.1) is 31.4 Å². The van der Waals surface area contributed by atoms with Gasteiger partial charge in [0.15, 0.2) is 5.60 Å². The molecule has 2 fully saturated rings. The molecule has 3 aromatic rings. The molecule has 0 aliphatic carbocycles. The average molecular weight is 614 g/mol. The smallest absolute Gasteiger partial charge is 0.264 e. The summed E-state index contributed by atoms with van der Waals surface area (Å²) >= 11 is 0. The summed E-state index contributed by atoms with van der Waals surface area (Å²) in [5, 5.41) is 9.73. The molecule has 3 amide bonds. The number of anilines is 2. The van der Waals surface area contributed by atoms with Crippen LogP contribution in [0.3, 0.4) is 0 Å². The van der Waals surface area contributed by atoms with Gasteiger partial charge >= 0.3 is 0 Å². The van der Waals surface area contributed by atoms with Crippen LogP contribution in [0.4, 0.5) is 15.8 Å². The first-order valence-corrected chi connectivity index (χ1v) is 15.6. The predicted molar refractivity (Wildman–Crippen MR) is 169 cm³/mol. The summed E-state index contributed by atoms with van der Waals surface area (Å²) in [6.45, 7) is 5.94. The van der Waals surface area contributed by atoms with Crippen molar-refractivity contribution in [1.82, 2.24) is 4.90 Å². The summed E-state index contributed by atoms with van der Waals surface area (Å²) in [6.07, 6.45) is -0.472. The normalized spacial score (nSPS) is 24.2. The number of benzene rings is 3. The molecule has 3 aliphatic rings. The maximum atomic E-state index is 16.1. The number of rotatable bonds is 10. The zero-order valence-electron chi connectivity index (χ0n) is 26.0. The largest absolute Gasteiger partial charge is 0.395 e. The number of β-lactam (4-membered cyclic amide) rings is 1. The topological polar surface area (TPSA) is 90.4 Å². The molecule has 8 nitrogen and oxygen atoms in total. The molecule has 3 aliphatic heterocycles. The van der Waals surface area contributed by atoms with Crippen LogP contribution in [0.5, 0.6) is 0 Å². The fourth-order valence-corrected chi connectivity index (χ4v) is 7.47. The Labute approximate surface area is 263 Å². The minimum atomic E-state index is -1.75. The van der Waals surface area contributed by atoms with Gasteiger partial charge in [-0.1, -0.05) is 67.6 Å². The number of fused-ring (bicyclic) bond motifs is 2. The third-order valence-corrected chi connectivity index (χ3v) is 9.60. The van der Waals surface area contributed by atoms with Crippen LogP contribution in [-0.2, 0) is 37.8 Å². The predicted octanol–water partition coefficient (Wildman–Crippen LogP) is 4.98. The maximum absolute atomic E-state index is 16.1. The monoisotopic (exact) mass is 613 g/mol. The van der Waals surface area contributed by atoms with E-state index in [0.717, 1.165) is 16.8 Å². The van der Waals surface area contributed by atoms with Crippen molar-refractivity contribution in [3.63, 3.8) is 0 Å². The number of para-hydroxylation sites is 1. The van der Waals surface area contributed by atoms with Gasteiger partial charge in [-0.3, -0.25) is 14.4 Å². The van der Waals surface area contributed by atoms with E-state index in [4.69, 9.17) is 4.74 Å². The number of aliphatic hydroxyl groups is 1. The molecule has 6 rings (SSSR count). The van der Waals surface area contributed by atoms with Crippen molar-refractivity contribution in [2.75, 3.05) is 29.5 Å². The van der Waals surface area contributed by atoms with Gasteiger partial charge in [0.25, 0.3) is 5.91 Å². The third-order valence-electron chi connectivity index (χ3n) is 9.60. The molecule has 236 valence electrons. The van der Waals surface area contributed by atoms with Crippen LogP contribution in [0, 0.1) is 11.8 Å². The zero-order chi connectivity index (χ0) is 31.9. The first-order valence-electron chi connectivity index (χ1n) is 15.6. The molecule has 2 saturated heterocycles. The lowest BCUT2D eigenvalue weighted by atomic mass is 9.71. The molecule has 0 unspecified atom stereocenters. The summed E-state index contributed by atoms with van der Waals surface area (Å²) in [6, 6.07) is 24.5. The molecular weight excluding hydrogens is 573 g/mol. The van der Waals surface area contributed by atoms with E-state index >= 15 is 4.39 Å². The summed E-state index contributed by atoms with van der Waals surface area (Å²) < 4.78 is 22.8. The Balaban J connectivity index is 1.31. The highest BCUT2D eigenvalue weighted by atomic mass is 19.1. The van der Waals surface area contributed by atoms with E-state index < -0.39 is 29.2 Å². The standard InChI is InChI=1S/C36H40FN3O5/c1-24-33(35(2,3)37)30(21-32(43)38(18-19-41)22-25-10-5-4-6-11-25)45-36(24)28-14-7-8-15-29(28)40(34(36)44)23-26-12-9-13-27(20-26)39-17-16-31(39)42/h4-15,20,24,30,33,41H,16-19,21-23H2,1-3H3/t24-,30+,33-,36+/m0/s1. The highest BCUT2D eigenvalue weighted by Crippen LogP contribution is 2.58. The molecule has 0 radical (unpaired) electrons. The summed E-state index contributed by atoms with van der Waals surface area (Å²) in [7, 11) is 0. The lowest BCUT2D eigenvalue weighted by Gasteiger charge is -2.33. The molecule has 0 aromatic heterocycles. The fourth-order valence-electron chi connectivity index (χ4n) is 7.47. The van der Waals surface area contributed by atoms with Crippen LogP contribution >= 0.6 is 0 Å². The Bertz CT molecular complexity index is 1590. The van der Waals surface area contributed by atoms with Gasteiger partial charge in [-0.05, 0) is 43.2 Å². The first kappa shape index (κ1) is 30.9. The molecule has 0 saturated carbocycles. The quantitative estimate of drug-likeness (QED) is 0.326. The van der Waals surface area contributed by atoms with Gasteiger partial charge in [-0.15, -0.1) is 0 Å². The van der Waals surface area contributed by atoms with Crippen LogP contribution < -0.4 is 9.80 Å². The summed E-state index contributed by atoms with van der Waals surface area (Å²) in [4.78, 5) is 45.4. The molecule has 1 N–H and O–H groups in total. The second-order valence-electron chi connectivity index (χ2n) is 12.9. The van der Waals surface area contributed by atoms with Gasteiger partial charge in [0.2, 0.25) is 11.8 Å². The number of carbonyl (C=O) groups is 3. The zero-order valence-corrected chi connectivity index (χ0v) is 26.0. The number of ether oxygens (including phenoxy) is 1. The van der Waals surface area contributed by atoms with Crippen molar-refractivity contribution in [1.29, 1.82) is 0 Å². The SMILES string of the molecule is C[C@H]1[C@H](C(C)(C)F)[C@@H](CC(=O)N(CCO)Cc2ccccc2)O[C@]12C(=O)N(Cc1cccc(N3CCC3=O)c1)c1ccccc12. The molecule has 45 heavy (non-hydrogen) atoms. The van der Waals surface area contributed by atoms with Crippen molar-refractivity contribution >= 4 is 29.1 Å². The Kier molecular flexibility index (Phi) is 8.26. The van der Waals surface area contributed by atoms with Crippen molar-refractivity contribution in [2.45, 2.75) is 64.1 Å². The highest BCUT2D eigenvalue weighted by molar-refractivity contribution is 6.07. The van der Waals surface area contributed by atoms with E-state index in [0.29, 0.717) is 30.8 Å². The van der Waals surface area contributed by atoms with E-state index in [1.54, 1.807) is 14.7 Å². The number of aliphatic hydroxyl groups excluding tert-OH is 1. The number of alkyl halides is 1. The molecule has 3 heterocycles. The summed E-state index contributed by atoms with van der Waals surface area (Å²) in [5.41, 5.74) is 0.692. The minimum absolute atomic E-state index is 0.0728. The Morgan fingerprint density at radius 1 is 1.04 bits per heavy atom. The molecular formula is C36H40FN3O5. The highest BCUT2D eigenvalue weighted by Gasteiger charge is 2.66. The van der Waals surface area contributed by atoms with Crippen molar-refractivity contribution in [3.05, 3.63) is 95.6 Å². The molecule has 1 spiro atoms. The van der Waals surface area contributed by atoms with Gasteiger partial charge < -0.3 is 24.5 Å². The third kappa shape index (κ3) is 5.53. The number of carbonyl (C=O) groups excluding carboxylic acids is 3. The molecule has 3 aromatic carbocycles. The number of amides is 3.